The lowest BCUT2D eigenvalue weighted by Gasteiger charge is -2.21. The number of nitriles is 1. The molecule has 0 amide bonds. The molecule has 0 spiro atoms. The zero-order valence-electron chi connectivity index (χ0n) is 9.13. The van der Waals surface area contributed by atoms with E-state index in [0.717, 1.165) is 17.0 Å². The van der Waals surface area contributed by atoms with E-state index in [9.17, 15) is 14.0 Å². The van der Waals surface area contributed by atoms with Crippen molar-refractivity contribution in [1.82, 2.24) is 0 Å². The lowest BCUT2D eigenvalue weighted by Crippen LogP contribution is -2.35. The van der Waals surface area contributed by atoms with Crippen LogP contribution in [0.5, 0.6) is 0 Å². The number of carboxylic acids is 2. The topological polar surface area (TPSA) is 102 Å². The summed E-state index contributed by atoms with van der Waals surface area (Å²) in [5, 5.41) is 26.0. The van der Waals surface area contributed by atoms with Crippen molar-refractivity contribution in [3.63, 3.8) is 0 Å². The first kappa shape index (κ1) is 13.4. The summed E-state index contributed by atoms with van der Waals surface area (Å²) < 4.78 is 13.5. The maximum absolute atomic E-state index is 13.5. The van der Waals surface area contributed by atoms with Crippen molar-refractivity contribution in [2.45, 2.75) is 0 Å². The molecule has 0 unspecified atom stereocenters. The molecule has 94 valence electrons. The van der Waals surface area contributed by atoms with Crippen LogP contribution < -0.4 is 4.90 Å². The predicted octanol–water partition coefficient (Wildman–Crippen LogP) is 0.673. The van der Waals surface area contributed by atoms with E-state index in [-0.39, 0.29) is 11.3 Å². The second kappa shape index (κ2) is 5.63. The van der Waals surface area contributed by atoms with Gasteiger partial charge < -0.3 is 15.1 Å². The van der Waals surface area contributed by atoms with Crippen LogP contribution in [0.3, 0.4) is 0 Å². The van der Waals surface area contributed by atoms with Gasteiger partial charge in [-0.1, -0.05) is 0 Å². The summed E-state index contributed by atoms with van der Waals surface area (Å²) in [6.07, 6.45) is 0. The molecular weight excluding hydrogens is 243 g/mol. The first-order chi connectivity index (χ1) is 8.43. The molecular formula is C11H9FN2O4. The number of aliphatic carboxylic acids is 2. The van der Waals surface area contributed by atoms with Gasteiger partial charge in [0.2, 0.25) is 0 Å². The Balaban J connectivity index is 3.14. The fraction of sp³-hybridized carbons (Fsp3) is 0.182. The predicted molar refractivity (Wildman–Crippen MR) is 58.6 cm³/mol. The Morgan fingerprint density at radius 2 is 1.83 bits per heavy atom. The van der Waals surface area contributed by atoms with Crippen LogP contribution in [0.25, 0.3) is 0 Å². The minimum Gasteiger partial charge on any atom is -0.480 e. The third-order valence-electron chi connectivity index (χ3n) is 2.07. The standard InChI is InChI=1S/C11H9FN2O4/c12-8-2-1-7(4-13)3-9(8)14(5-10(15)16)6-11(17)18/h1-3H,5-6H2,(H,15,16)(H,17,18). The van der Waals surface area contributed by atoms with Crippen molar-refractivity contribution >= 4 is 17.6 Å². The van der Waals surface area contributed by atoms with Gasteiger partial charge in [0.25, 0.3) is 0 Å². The third-order valence-corrected chi connectivity index (χ3v) is 2.07. The van der Waals surface area contributed by atoms with E-state index < -0.39 is 30.8 Å². The van der Waals surface area contributed by atoms with E-state index in [1.807, 2.05) is 0 Å². The summed E-state index contributed by atoms with van der Waals surface area (Å²) in [5.41, 5.74) is -0.106. The van der Waals surface area contributed by atoms with E-state index in [0.29, 0.717) is 0 Å². The summed E-state index contributed by atoms with van der Waals surface area (Å²) in [6.45, 7) is -1.34. The molecule has 0 saturated carbocycles. The number of nitrogens with zero attached hydrogens (tertiary/aromatic N) is 2. The number of hydrogen-bond donors (Lipinski definition) is 2. The van der Waals surface area contributed by atoms with Crippen molar-refractivity contribution in [2.24, 2.45) is 0 Å². The zero-order chi connectivity index (χ0) is 13.7. The highest BCUT2D eigenvalue weighted by Crippen LogP contribution is 2.20. The van der Waals surface area contributed by atoms with Gasteiger partial charge in [-0.15, -0.1) is 0 Å². The van der Waals surface area contributed by atoms with E-state index in [1.165, 1.54) is 6.07 Å². The molecule has 0 aliphatic rings. The maximum Gasteiger partial charge on any atom is 0.323 e. The van der Waals surface area contributed by atoms with Crippen molar-refractivity contribution < 1.29 is 24.2 Å². The molecule has 0 aliphatic heterocycles. The molecule has 7 heteroatoms. The van der Waals surface area contributed by atoms with Gasteiger partial charge in [0.15, 0.2) is 0 Å². The van der Waals surface area contributed by atoms with Crippen LogP contribution >= 0.6 is 0 Å². The number of halogens is 1. The van der Waals surface area contributed by atoms with Crippen LogP contribution in [0.4, 0.5) is 10.1 Å². The minimum absolute atomic E-state index is 0.118. The third kappa shape index (κ3) is 3.45. The van der Waals surface area contributed by atoms with Crippen molar-refractivity contribution in [1.29, 1.82) is 5.26 Å². The molecule has 18 heavy (non-hydrogen) atoms. The molecule has 0 heterocycles. The van der Waals surface area contributed by atoms with E-state index in [2.05, 4.69) is 0 Å². The summed E-state index contributed by atoms with van der Waals surface area (Å²) in [5.74, 6) is -3.37. The Hall–Kier alpha value is -2.62. The lowest BCUT2D eigenvalue weighted by molar-refractivity contribution is -0.136. The van der Waals surface area contributed by atoms with Crippen LogP contribution in [-0.4, -0.2) is 35.2 Å². The molecule has 0 atom stereocenters. The van der Waals surface area contributed by atoms with Crippen LogP contribution in [0, 0.1) is 17.1 Å². The molecule has 1 aromatic rings. The van der Waals surface area contributed by atoms with Gasteiger partial charge in [0, 0.05) is 0 Å². The molecule has 1 aromatic carbocycles. The fourth-order valence-corrected chi connectivity index (χ4v) is 1.38. The summed E-state index contributed by atoms with van der Waals surface area (Å²) in [6, 6.07) is 5.09. The second-order valence-electron chi connectivity index (χ2n) is 3.42. The second-order valence-corrected chi connectivity index (χ2v) is 3.42. The summed E-state index contributed by atoms with van der Waals surface area (Å²) >= 11 is 0. The van der Waals surface area contributed by atoms with E-state index in [4.69, 9.17) is 15.5 Å². The van der Waals surface area contributed by atoms with Gasteiger partial charge in [0.1, 0.15) is 18.9 Å². The number of benzene rings is 1. The van der Waals surface area contributed by atoms with Gasteiger partial charge in [-0.3, -0.25) is 9.59 Å². The van der Waals surface area contributed by atoms with Gasteiger partial charge in [-0.2, -0.15) is 5.26 Å². The first-order valence-electron chi connectivity index (χ1n) is 4.82. The van der Waals surface area contributed by atoms with Gasteiger partial charge in [-0.25, -0.2) is 4.39 Å². The highest BCUT2D eigenvalue weighted by Gasteiger charge is 2.18. The average Bonchev–Trinajstić information content (AvgIpc) is 2.27. The first-order valence-corrected chi connectivity index (χ1v) is 4.82. The Bertz CT molecular complexity index is 508. The summed E-state index contributed by atoms with van der Waals surface area (Å²) in [4.78, 5) is 22.1. The number of carbonyl (C=O) groups is 2. The number of hydrogen-bond acceptors (Lipinski definition) is 4. The number of anilines is 1. The molecule has 0 saturated heterocycles. The normalized spacial score (nSPS) is 9.56. The van der Waals surface area contributed by atoms with Crippen LogP contribution in [-0.2, 0) is 9.59 Å². The maximum atomic E-state index is 13.5. The van der Waals surface area contributed by atoms with Crippen LogP contribution in [0.15, 0.2) is 18.2 Å². The lowest BCUT2D eigenvalue weighted by atomic mass is 10.2. The monoisotopic (exact) mass is 252 g/mol. The fourth-order valence-electron chi connectivity index (χ4n) is 1.38. The highest BCUT2D eigenvalue weighted by atomic mass is 19.1. The quantitative estimate of drug-likeness (QED) is 0.798. The minimum atomic E-state index is -1.29. The van der Waals surface area contributed by atoms with Crippen LogP contribution in [0.1, 0.15) is 5.56 Å². The molecule has 0 aliphatic carbocycles. The van der Waals surface area contributed by atoms with Crippen molar-refractivity contribution in [3.05, 3.63) is 29.6 Å². The highest BCUT2D eigenvalue weighted by molar-refractivity contribution is 5.79. The molecule has 0 radical (unpaired) electrons. The van der Waals surface area contributed by atoms with Gasteiger partial charge in [-0.05, 0) is 18.2 Å². The Labute approximate surface area is 101 Å². The zero-order valence-corrected chi connectivity index (χ0v) is 9.13. The molecule has 0 bridgehead atoms. The molecule has 1 rings (SSSR count). The summed E-state index contributed by atoms with van der Waals surface area (Å²) in [7, 11) is 0. The van der Waals surface area contributed by atoms with Gasteiger partial charge >= 0.3 is 11.9 Å². The Kier molecular flexibility index (Phi) is 4.21. The number of carboxylic acid groups (broad SMARTS) is 2. The van der Waals surface area contributed by atoms with Crippen molar-refractivity contribution in [3.8, 4) is 6.07 Å². The molecule has 2 N–H and O–H groups in total. The Morgan fingerprint density at radius 1 is 1.28 bits per heavy atom. The van der Waals surface area contributed by atoms with Crippen molar-refractivity contribution in [2.75, 3.05) is 18.0 Å². The smallest absolute Gasteiger partial charge is 0.323 e. The van der Waals surface area contributed by atoms with E-state index in [1.54, 1.807) is 6.07 Å². The Morgan fingerprint density at radius 3 is 2.28 bits per heavy atom. The van der Waals surface area contributed by atoms with Gasteiger partial charge in [0.05, 0.1) is 17.3 Å². The molecule has 0 aromatic heterocycles. The van der Waals surface area contributed by atoms with Crippen LogP contribution in [0.2, 0.25) is 0 Å². The largest absolute Gasteiger partial charge is 0.480 e. The average molecular weight is 252 g/mol. The molecule has 6 nitrogen and oxygen atoms in total. The SMILES string of the molecule is N#Cc1ccc(F)c(N(CC(=O)O)CC(=O)O)c1. The number of rotatable bonds is 5. The van der Waals surface area contributed by atoms with E-state index >= 15 is 0 Å². The molecule has 0 fully saturated rings.